The quantitative estimate of drug-likeness (QED) is 0.427. The number of nitrogens with zero attached hydrogens (tertiary/aromatic N) is 3. The zero-order chi connectivity index (χ0) is 26.4. The predicted molar refractivity (Wildman–Crippen MR) is 137 cm³/mol. The number of hydrogen-bond donors (Lipinski definition) is 1. The molecular formula is C27H32N4O6. The Hall–Kier alpha value is -3.92. The van der Waals surface area contributed by atoms with Crippen LogP contribution in [0.15, 0.2) is 40.9 Å². The fourth-order valence-corrected chi connectivity index (χ4v) is 4.35. The predicted octanol–water partition coefficient (Wildman–Crippen LogP) is 4.09. The highest BCUT2D eigenvalue weighted by atomic mass is 16.5. The molecule has 1 aliphatic heterocycles. The van der Waals surface area contributed by atoms with Crippen LogP contribution in [-0.4, -0.2) is 60.8 Å². The minimum Gasteiger partial charge on any atom is -0.493 e. The monoisotopic (exact) mass is 508 g/mol. The second-order valence-electron chi connectivity index (χ2n) is 8.90. The summed E-state index contributed by atoms with van der Waals surface area (Å²) in [6.07, 6.45) is 1.65. The van der Waals surface area contributed by atoms with Gasteiger partial charge in [-0.05, 0) is 69.1 Å². The first-order valence-corrected chi connectivity index (χ1v) is 12.3. The molecule has 1 unspecified atom stereocenters. The maximum Gasteiger partial charge on any atom is 0.338 e. The number of aryl methyl sites for hydroxylation is 1. The van der Waals surface area contributed by atoms with Gasteiger partial charge in [0.05, 0.1) is 38.9 Å². The standard InChI is InChI=1S/C27H32N4O6/c1-5-36-27(33)19-9-8-17(2)21(13-19)28-26(32)20-7-6-12-31(15-20)16-24-29-25(30-37-24)18-10-11-22(34-3)23(14-18)35-4/h8-11,13-14,20H,5-7,12,15-16H2,1-4H3,(H,28,32). The molecule has 0 saturated carbocycles. The number of nitrogens with one attached hydrogen (secondary N) is 1. The molecule has 1 amide bonds. The number of aromatic nitrogens is 2. The number of likely N-dealkylation sites (tertiary alicyclic amines) is 1. The summed E-state index contributed by atoms with van der Waals surface area (Å²) in [5, 5.41) is 7.11. The molecule has 10 heteroatoms. The highest BCUT2D eigenvalue weighted by Crippen LogP contribution is 2.31. The summed E-state index contributed by atoms with van der Waals surface area (Å²) in [4.78, 5) is 31.9. The van der Waals surface area contributed by atoms with Crippen molar-refractivity contribution in [1.82, 2.24) is 15.0 Å². The van der Waals surface area contributed by atoms with E-state index in [9.17, 15) is 9.59 Å². The van der Waals surface area contributed by atoms with Crippen molar-refractivity contribution >= 4 is 17.6 Å². The molecule has 2 heterocycles. The van der Waals surface area contributed by atoms with Crippen LogP contribution in [0.5, 0.6) is 11.5 Å². The van der Waals surface area contributed by atoms with E-state index in [1.165, 1.54) is 0 Å². The third kappa shape index (κ3) is 6.26. The molecule has 1 saturated heterocycles. The average Bonchev–Trinajstić information content (AvgIpc) is 3.38. The molecule has 0 aliphatic carbocycles. The summed E-state index contributed by atoms with van der Waals surface area (Å²) in [6.45, 7) is 5.79. The fourth-order valence-electron chi connectivity index (χ4n) is 4.35. The van der Waals surface area contributed by atoms with Gasteiger partial charge in [0.2, 0.25) is 17.6 Å². The van der Waals surface area contributed by atoms with E-state index >= 15 is 0 Å². The topological polar surface area (TPSA) is 116 Å². The van der Waals surface area contributed by atoms with Crippen molar-refractivity contribution < 1.29 is 28.3 Å². The zero-order valence-corrected chi connectivity index (χ0v) is 21.6. The fraction of sp³-hybridized carbons (Fsp3) is 0.407. The second-order valence-corrected chi connectivity index (χ2v) is 8.90. The highest BCUT2D eigenvalue weighted by Gasteiger charge is 2.27. The SMILES string of the molecule is CCOC(=O)c1ccc(C)c(NC(=O)C2CCCN(Cc3nc(-c4ccc(OC)c(OC)c4)no3)C2)c1. The van der Waals surface area contributed by atoms with Crippen LogP contribution in [0, 0.1) is 12.8 Å². The Balaban J connectivity index is 1.39. The molecule has 2 aromatic carbocycles. The molecular weight excluding hydrogens is 476 g/mol. The van der Waals surface area contributed by atoms with Gasteiger partial charge in [-0.3, -0.25) is 9.69 Å². The molecule has 3 aromatic rings. The van der Waals surface area contributed by atoms with Crippen LogP contribution < -0.4 is 14.8 Å². The number of benzene rings is 2. The Labute approximate surface area is 215 Å². The molecule has 4 rings (SSSR count). The number of anilines is 1. The van der Waals surface area contributed by atoms with Crippen LogP contribution in [0.2, 0.25) is 0 Å². The minimum atomic E-state index is -0.408. The molecule has 1 fully saturated rings. The number of ether oxygens (including phenoxy) is 3. The summed E-state index contributed by atoms with van der Waals surface area (Å²) in [6, 6.07) is 10.6. The zero-order valence-electron chi connectivity index (χ0n) is 21.6. The Morgan fingerprint density at radius 2 is 1.95 bits per heavy atom. The van der Waals surface area contributed by atoms with Crippen LogP contribution in [0.3, 0.4) is 0 Å². The van der Waals surface area contributed by atoms with Gasteiger partial charge in [0.1, 0.15) is 0 Å². The Morgan fingerprint density at radius 3 is 2.70 bits per heavy atom. The number of piperidine rings is 1. The lowest BCUT2D eigenvalue weighted by molar-refractivity contribution is -0.121. The lowest BCUT2D eigenvalue weighted by Crippen LogP contribution is -2.40. The van der Waals surface area contributed by atoms with Crippen molar-refractivity contribution in [2.45, 2.75) is 33.2 Å². The van der Waals surface area contributed by atoms with Gasteiger partial charge in [-0.1, -0.05) is 11.2 Å². The summed E-state index contributed by atoms with van der Waals surface area (Å²) < 4.78 is 21.2. The normalized spacial score (nSPS) is 15.7. The first-order valence-electron chi connectivity index (χ1n) is 12.3. The molecule has 0 bridgehead atoms. The largest absolute Gasteiger partial charge is 0.493 e. The van der Waals surface area contributed by atoms with Gasteiger partial charge in [0.15, 0.2) is 11.5 Å². The van der Waals surface area contributed by atoms with Crippen molar-refractivity contribution in [1.29, 1.82) is 0 Å². The number of carbonyl (C=O) groups is 2. The number of rotatable bonds is 9. The maximum absolute atomic E-state index is 13.1. The first kappa shape index (κ1) is 26.2. The summed E-state index contributed by atoms with van der Waals surface area (Å²) in [7, 11) is 3.16. The van der Waals surface area contributed by atoms with Crippen molar-refractivity contribution in [3.63, 3.8) is 0 Å². The minimum absolute atomic E-state index is 0.0784. The molecule has 1 N–H and O–H groups in total. The Bertz CT molecular complexity index is 1260. The third-order valence-electron chi connectivity index (χ3n) is 6.35. The molecule has 1 atom stereocenters. The lowest BCUT2D eigenvalue weighted by Gasteiger charge is -2.31. The van der Waals surface area contributed by atoms with Gasteiger partial charge < -0.3 is 24.1 Å². The van der Waals surface area contributed by atoms with E-state index in [0.717, 1.165) is 30.5 Å². The maximum atomic E-state index is 13.1. The van der Waals surface area contributed by atoms with E-state index in [4.69, 9.17) is 18.7 Å². The van der Waals surface area contributed by atoms with Gasteiger partial charge in [0, 0.05) is 17.8 Å². The molecule has 37 heavy (non-hydrogen) atoms. The van der Waals surface area contributed by atoms with Crippen molar-refractivity contribution in [3.8, 4) is 22.9 Å². The summed E-state index contributed by atoms with van der Waals surface area (Å²) in [5.41, 5.74) is 2.66. The van der Waals surface area contributed by atoms with Crippen molar-refractivity contribution in [3.05, 3.63) is 53.4 Å². The van der Waals surface area contributed by atoms with Gasteiger partial charge in [-0.25, -0.2) is 4.79 Å². The van der Waals surface area contributed by atoms with E-state index in [1.807, 2.05) is 13.0 Å². The third-order valence-corrected chi connectivity index (χ3v) is 6.35. The lowest BCUT2D eigenvalue weighted by atomic mass is 9.96. The van der Waals surface area contributed by atoms with Gasteiger partial charge in [-0.2, -0.15) is 4.98 Å². The van der Waals surface area contributed by atoms with Crippen LogP contribution in [0.4, 0.5) is 5.69 Å². The number of carbonyl (C=O) groups excluding carboxylic acids is 2. The molecule has 1 aliphatic rings. The van der Waals surface area contributed by atoms with E-state index in [1.54, 1.807) is 51.5 Å². The van der Waals surface area contributed by atoms with Crippen LogP contribution >= 0.6 is 0 Å². The number of esters is 1. The Morgan fingerprint density at radius 1 is 1.14 bits per heavy atom. The van der Waals surface area contributed by atoms with Crippen molar-refractivity contribution in [2.75, 3.05) is 39.2 Å². The van der Waals surface area contributed by atoms with Crippen LogP contribution in [0.1, 0.15) is 41.6 Å². The average molecular weight is 509 g/mol. The van der Waals surface area contributed by atoms with Gasteiger partial charge in [0.25, 0.3) is 0 Å². The summed E-state index contributed by atoms with van der Waals surface area (Å²) in [5.74, 6) is 1.45. The van der Waals surface area contributed by atoms with E-state index in [2.05, 4.69) is 20.4 Å². The Kier molecular flexibility index (Phi) is 8.39. The van der Waals surface area contributed by atoms with Crippen molar-refractivity contribution in [2.24, 2.45) is 5.92 Å². The molecule has 1 aromatic heterocycles. The van der Waals surface area contributed by atoms with E-state index < -0.39 is 5.97 Å². The van der Waals surface area contributed by atoms with E-state index in [-0.39, 0.29) is 11.8 Å². The summed E-state index contributed by atoms with van der Waals surface area (Å²) >= 11 is 0. The smallest absolute Gasteiger partial charge is 0.338 e. The molecule has 0 radical (unpaired) electrons. The number of methoxy groups -OCH3 is 2. The van der Waals surface area contributed by atoms with E-state index in [0.29, 0.717) is 54.2 Å². The highest BCUT2D eigenvalue weighted by molar-refractivity contribution is 5.96. The molecule has 10 nitrogen and oxygen atoms in total. The van der Waals surface area contributed by atoms with Gasteiger partial charge in [-0.15, -0.1) is 0 Å². The van der Waals surface area contributed by atoms with Crippen LogP contribution in [0.25, 0.3) is 11.4 Å². The number of hydrogen-bond acceptors (Lipinski definition) is 9. The van der Waals surface area contributed by atoms with Gasteiger partial charge >= 0.3 is 5.97 Å². The molecule has 196 valence electrons. The molecule has 0 spiro atoms. The van der Waals surface area contributed by atoms with Crippen LogP contribution in [-0.2, 0) is 16.1 Å². The first-order chi connectivity index (χ1) is 17.9. The second kappa shape index (κ2) is 11.9. The number of amides is 1.